The van der Waals surface area contributed by atoms with E-state index in [1.165, 1.54) is 7.11 Å². The normalized spacial score (nSPS) is 12.2. The summed E-state index contributed by atoms with van der Waals surface area (Å²) >= 11 is 0. The van der Waals surface area contributed by atoms with Gasteiger partial charge in [0.2, 0.25) is 0 Å². The highest BCUT2D eigenvalue weighted by Gasteiger charge is 2.24. The molecule has 0 saturated carbocycles. The van der Waals surface area contributed by atoms with Crippen molar-refractivity contribution in [2.45, 2.75) is 20.0 Å². The molecule has 1 rings (SSSR count). The number of carbonyl (C=O) groups is 1. The number of carbonyl (C=O) groups excluding carboxylic acids is 1. The van der Waals surface area contributed by atoms with Crippen LogP contribution in [0, 0.1) is 5.92 Å². The molecule has 0 radical (unpaired) electrons. The number of methoxy groups -OCH3 is 1. The van der Waals surface area contributed by atoms with E-state index in [9.17, 15) is 4.79 Å². The fourth-order valence-electron chi connectivity index (χ4n) is 1.27. The van der Waals surface area contributed by atoms with Gasteiger partial charge in [0, 0.05) is 11.6 Å². The second-order valence-electron chi connectivity index (χ2n) is 3.87. The number of rotatable bonds is 4. The van der Waals surface area contributed by atoms with E-state index in [0.29, 0.717) is 11.4 Å². The van der Waals surface area contributed by atoms with Crippen LogP contribution in [0.15, 0.2) is 24.3 Å². The van der Waals surface area contributed by atoms with Gasteiger partial charge < -0.3 is 15.2 Å². The van der Waals surface area contributed by atoms with Crippen LogP contribution in [0.5, 0.6) is 5.75 Å². The predicted molar refractivity (Wildman–Crippen MR) is 62.1 cm³/mol. The topological polar surface area (TPSA) is 61.5 Å². The maximum atomic E-state index is 11.5. The number of hydrogen-bond donors (Lipinski definition) is 1. The van der Waals surface area contributed by atoms with Crippen LogP contribution in [0.4, 0.5) is 5.69 Å². The number of nitrogen functional groups attached to an aromatic ring is 1. The van der Waals surface area contributed by atoms with Crippen LogP contribution in [0.1, 0.15) is 13.8 Å². The Morgan fingerprint density at radius 2 is 1.81 bits per heavy atom. The zero-order chi connectivity index (χ0) is 12.1. The molecule has 0 saturated heterocycles. The van der Waals surface area contributed by atoms with Gasteiger partial charge in [0.15, 0.2) is 6.10 Å². The molecule has 1 atom stereocenters. The summed E-state index contributed by atoms with van der Waals surface area (Å²) in [5, 5.41) is 0. The van der Waals surface area contributed by atoms with Crippen molar-refractivity contribution in [1.82, 2.24) is 0 Å². The van der Waals surface area contributed by atoms with Gasteiger partial charge in [-0.3, -0.25) is 0 Å². The first-order valence-electron chi connectivity index (χ1n) is 5.14. The molecule has 0 fully saturated rings. The lowest BCUT2D eigenvalue weighted by Gasteiger charge is -2.20. The summed E-state index contributed by atoms with van der Waals surface area (Å²) in [7, 11) is 1.35. The molecule has 0 heterocycles. The molecule has 0 aliphatic rings. The van der Waals surface area contributed by atoms with Crippen molar-refractivity contribution in [3.63, 3.8) is 0 Å². The molecule has 0 aliphatic carbocycles. The molecule has 0 bridgehead atoms. The van der Waals surface area contributed by atoms with E-state index in [0.717, 1.165) is 0 Å². The van der Waals surface area contributed by atoms with E-state index >= 15 is 0 Å². The number of ether oxygens (including phenoxy) is 2. The Kier molecular flexibility index (Phi) is 4.17. The van der Waals surface area contributed by atoms with Crippen molar-refractivity contribution in [2.24, 2.45) is 5.92 Å². The maximum Gasteiger partial charge on any atom is 0.347 e. The molecule has 2 N–H and O–H groups in total. The monoisotopic (exact) mass is 223 g/mol. The summed E-state index contributed by atoms with van der Waals surface area (Å²) in [6.45, 7) is 3.80. The quantitative estimate of drug-likeness (QED) is 0.625. The summed E-state index contributed by atoms with van der Waals surface area (Å²) in [5.41, 5.74) is 6.21. The molecule has 0 spiro atoms. The zero-order valence-corrected chi connectivity index (χ0v) is 9.77. The van der Waals surface area contributed by atoms with Gasteiger partial charge in [-0.2, -0.15) is 0 Å². The van der Waals surface area contributed by atoms with Crippen molar-refractivity contribution in [3.05, 3.63) is 24.3 Å². The minimum absolute atomic E-state index is 0.0463. The molecule has 0 aliphatic heterocycles. The average Bonchev–Trinajstić information content (AvgIpc) is 2.27. The molecule has 4 nitrogen and oxygen atoms in total. The standard InChI is InChI=1S/C12H17NO3/c1-8(2)11(12(14)15-3)16-10-6-4-9(13)5-7-10/h4-8,11H,13H2,1-3H3. The largest absolute Gasteiger partial charge is 0.478 e. The van der Waals surface area contributed by atoms with Crippen molar-refractivity contribution in [3.8, 4) is 5.75 Å². The molecule has 1 unspecified atom stereocenters. The van der Waals surface area contributed by atoms with Crippen LogP contribution < -0.4 is 10.5 Å². The highest BCUT2D eigenvalue weighted by molar-refractivity contribution is 5.75. The molecule has 16 heavy (non-hydrogen) atoms. The maximum absolute atomic E-state index is 11.5. The van der Waals surface area contributed by atoms with Gasteiger partial charge in [-0.25, -0.2) is 4.79 Å². The highest BCUT2D eigenvalue weighted by atomic mass is 16.6. The second-order valence-corrected chi connectivity index (χ2v) is 3.87. The van der Waals surface area contributed by atoms with Crippen molar-refractivity contribution in [1.29, 1.82) is 0 Å². The van der Waals surface area contributed by atoms with E-state index in [-0.39, 0.29) is 11.9 Å². The van der Waals surface area contributed by atoms with Gasteiger partial charge in [-0.1, -0.05) is 13.8 Å². The van der Waals surface area contributed by atoms with E-state index in [1.807, 2.05) is 13.8 Å². The molecular formula is C12H17NO3. The Morgan fingerprint density at radius 3 is 2.25 bits per heavy atom. The lowest BCUT2D eigenvalue weighted by atomic mass is 10.1. The SMILES string of the molecule is COC(=O)C(Oc1ccc(N)cc1)C(C)C. The molecule has 1 aromatic carbocycles. The molecular weight excluding hydrogens is 206 g/mol. The average molecular weight is 223 g/mol. The van der Waals surface area contributed by atoms with Gasteiger partial charge in [-0.15, -0.1) is 0 Å². The predicted octanol–water partition coefficient (Wildman–Crippen LogP) is 1.85. The Bertz CT molecular complexity index is 346. The summed E-state index contributed by atoms with van der Waals surface area (Å²) in [6, 6.07) is 6.91. The summed E-state index contributed by atoms with van der Waals surface area (Å²) < 4.78 is 10.2. The minimum Gasteiger partial charge on any atom is -0.478 e. The van der Waals surface area contributed by atoms with Gasteiger partial charge in [-0.05, 0) is 24.3 Å². The smallest absolute Gasteiger partial charge is 0.347 e. The number of benzene rings is 1. The third-order valence-corrected chi connectivity index (χ3v) is 2.18. The summed E-state index contributed by atoms with van der Waals surface area (Å²) in [4.78, 5) is 11.5. The first-order valence-corrected chi connectivity index (χ1v) is 5.14. The molecule has 0 amide bonds. The number of esters is 1. The first kappa shape index (κ1) is 12.4. The third kappa shape index (κ3) is 3.15. The molecule has 88 valence electrons. The van der Waals surface area contributed by atoms with E-state index < -0.39 is 6.10 Å². The Balaban J connectivity index is 2.75. The second kappa shape index (κ2) is 5.39. The molecule has 1 aromatic rings. The Labute approximate surface area is 95.3 Å². The number of hydrogen-bond acceptors (Lipinski definition) is 4. The van der Waals surface area contributed by atoms with Crippen LogP contribution >= 0.6 is 0 Å². The van der Waals surface area contributed by atoms with E-state index in [4.69, 9.17) is 10.5 Å². The summed E-state index contributed by atoms with van der Waals surface area (Å²) in [6.07, 6.45) is -0.589. The van der Waals surface area contributed by atoms with Gasteiger partial charge in [0.05, 0.1) is 7.11 Å². The van der Waals surface area contributed by atoms with Crippen LogP contribution in [0.2, 0.25) is 0 Å². The highest BCUT2D eigenvalue weighted by Crippen LogP contribution is 2.18. The first-order chi connectivity index (χ1) is 7.54. The van der Waals surface area contributed by atoms with Crippen LogP contribution in [-0.2, 0) is 9.53 Å². The minimum atomic E-state index is -0.589. The lowest BCUT2D eigenvalue weighted by Crippen LogP contribution is -2.33. The molecule has 4 heteroatoms. The molecule has 0 aromatic heterocycles. The van der Waals surface area contributed by atoms with Gasteiger partial charge in [0.25, 0.3) is 0 Å². The van der Waals surface area contributed by atoms with E-state index in [1.54, 1.807) is 24.3 Å². The Morgan fingerprint density at radius 1 is 1.25 bits per heavy atom. The fraction of sp³-hybridized carbons (Fsp3) is 0.417. The van der Waals surface area contributed by atoms with Gasteiger partial charge >= 0.3 is 5.97 Å². The fourth-order valence-corrected chi connectivity index (χ4v) is 1.27. The Hall–Kier alpha value is -1.71. The third-order valence-electron chi connectivity index (χ3n) is 2.18. The van der Waals surface area contributed by atoms with Crippen molar-refractivity contribution < 1.29 is 14.3 Å². The summed E-state index contributed by atoms with van der Waals surface area (Å²) in [5.74, 6) is 0.287. The number of nitrogens with two attached hydrogens (primary N) is 1. The zero-order valence-electron chi connectivity index (χ0n) is 9.77. The van der Waals surface area contributed by atoms with Crippen LogP contribution in [0.25, 0.3) is 0 Å². The van der Waals surface area contributed by atoms with Crippen LogP contribution in [0.3, 0.4) is 0 Å². The van der Waals surface area contributed by atoms with Crippen LogP contribution in [-0.4, -0.2) is 19.2 Å². The van der Waals surface area contributed by atoms with E-state index in [2.05, 4.69) is 4.74 Å². The van der Waals surface area contributed by atoms with Gasteiger partial charge in [0.1, 0.15) is 5.75 Å². The lowest BCUT2D eigenvalue weighted by molar-refractivity contribution is -0.150. The van der Waals surface area contributed by atoms with Crippen molar-refractivity contribution >= 4 is 11.7 Å². The van der Waals surface area contributed by atoms with Crippen molar-refractivity contribution in [2.75, 3.05) is 12.8 Å². The number of anilines is 1.